The average molecular weight is 238 g/mol. The summed E-state index contributed by atoms with van der Waals surface area (Å²) in [6.07, 6.45) is 7.55. The maximum absolute atomic E-state index is 13.5. The van der Waals surface area contributed by atoms with Crippen LogP contribution >= 0.6 is 0 Å². The SMILES string of the molecule is CCC1CCCC1[C@@H](CC)C1=C(C)CC(F)C1. The molecular formula is C16H27F. The quantitative estimate of drug-likeness (QED) is 0.584. The van der Waals surface area contributed by atoms with Gasteiger partial charge in [-0.05, 0) is 43.9 Å². The molecule has 0 saturated heterocycles. The Bertz CT molecular complexity index is 292. The maximum Gasteiger partial charge on any atom is 0.108 e. The summed E-state index contributed by atoms with van der Waals surface area (Å²) >= 11 is 0. The highest BCUT2D eigenvalue weighted by molar-refractivity contribution is 5.24. The Morgan fingerprint density at radius 1 is 1.24 bits per heavy atom. The van der Waals surface area contributed by atoms with Crippen LogP contribution in [0.5, 0.6) is 0 Å². The average Bonchev–Trinajstić information content (AvgIpc) is 2.88. The van der Waals surface area contributed by atoms with E-state index in [1.165, 1.54) is 43.3 Å². The fraction of sp³-hybridized carbons (Fsp3) is 0.875. The van der Waals surface area contributed by atoms with Crippen molar-refractivity contribution in [3.05, 3.63) is 11.1 Å². The van der Waals surface area contributed by atoms with Crippen LogP contribution in [0.1, 0.15) is 65.7 Å². The molecular weight excluding hydrogens is 211 g/mol. The third-order valence-corrected chi connectivity index (χ3v) is 5.16. The van der Waals surface area contributed by atoms with Crippen LogP contribution in [-0.4, -0.2) is 6.17 Å². The van der Waals surface area contributed by atoms with Gasteiger partial charge in [0.1, 0.15) is 6.17 Å². The van der Waals surface area contributed by atoms with Gasteiger partial charge in [-0.1, -0.05) is 44.3 Å². The van der Waals surface area contributed by atoms with Crippen molar-refractivity contribution in [2.45, 2.75) is 71.9 Å². The molecule has 0 nitrogen and oxygen atoms in total. The number of allylic oxidation sites excluding steroid dienone is 2. The molecule has 0 radical (unpaired) electrons. The Hall–Kier alpha value is -0.330. The fourth-order valence-corrected chi connectivity index (χ4v) is 4.33. The first-order valence-electron chi connectivity index (χ1n) is 7.49. The summed E-state index contributed by atoms with van der Waals surface area (Å²) in [6, 6.07) is 0. The van der Waals surface area contributed by atoms with E-state index in [1.54, 1.807) is 0 Å². The molecule has 0 aromatic rings. The van der Waals surface area contributed by atoms with E-state index in [0.717, 1.165) is 18.3 Å². The third-order valence-electron chi connectivity index (χ3n) is 5.16. The van der Waals surface area contributed by atoms with Gasteiger partial charge in [0.25, 0.3) is 0 Å². The molecule has 1 saturated carbocycles. The first kappa shape index (κ1) is 13.1. The van der Waals surface area contributed by atoms with Crippen LogP contribution in [0, 0.1) is 17.8 Å². The van der Waals surface area contributed by atoms with E-state index >= 15 is 0 Å². The zero-order valence-electron chi connectivity index (χ0n) is 11.6. The first-order chi connectivity index (χ1) is 8.17. The number of hydrogen-bond acceptors (Lipinski definition) is 0. The van der Waals surface area contributed by atoms with Crippen molar-refractivity contribution in [2.24, 2.45) is 17.8 Å². The lowest BCUT2D eigenvalue weighted by atomic mass is 9.76. The van der Waals surface area contributed by atoms with Crippen LogP contribution in [0.2, 0.25) is 0 Å². The summed E-state index contributed by atoms with van der Waals surface area (Å²) in [5, 5.41) is 0. The zero-order chi connectivity index (χ0) is 12.4. The Morgan fingerprint density at radius 2 is 2.00 bits per heavy atom. The molecule has 2 rings (SSSR count). The van der Waals surface area contributed by atoms with Crippen LogP contribution in [0.15, 0.2) is 11.1 Å². The minimum Gasteiger partial charge on any atom is -0.247 e. The molecule has 0 amide bonds. The molecule has 2 aliphatic carbocycles. The summed E-state index contributed by atoms with van der Waals surface area (Å²) in [4.78, 5) is 0. The molecule has 0 spiro atoms. The van der Waals surface area contributed by atoms with E-state index in [0.29, 0.717) is 12.3 Å². The molecule has 98 valence electrons. The molecule has 0 aliphatic heterocycles. The molecule has 1 heteroatoms. The number of halogens is 1. The summed E-state index contributed by atoms with van der Waals surface area (Å²) in [7, 11) is 0. The van der Waals surface area contributed by atoms with Gasteiger partial charge in [0.05, 0.1) is 0 Å². The number of alkyl halides is 1. The minimum atomic E-state index is -0.583. The molecule has 0 aromatic heterocycles. The van der Waals surface area contributed by atoms with Crippen molar-refractivity contribution in [1.29, 1.82) is 0 Å². The highest BCUT2D eigenvalue weighted by atomic mass is 19.1. The lowest BCUT2D eigenvalue weighted by Crippen LogP contribution is -2.20. The highest BCUT2D eigenvalue weighted by Gasteiger charge is 2.36. The van der Waals surface area contributed by atoms with Gasteiger partial charge in [0.2, 0.25) is 0 Å². The van der Waals surface area contributed by atoms with E-state index in [1.807, 2.05) is 0 Å². The zero-order valence-corrected chi connectivity index (χ0v) is 11.6. The predicted molar refractivity (Wildman–Crippen MR) is 71.7 cm³/mol. The van der Waals surface area contributed by atoms with Gasteiger partial charge in [-0.3, -0.25) is 0 Å². The van der Waals surface area contributed by atoms with Gasteiger partial charge < -0.3 is 0 Å². The van der Waals surface area contributed by atoms with E-state index in [9.17, 15) is 4.39 Å². The van der Waals surface area contributed by atoms with Crippen LogP contribution in [0.25, 0.3) is 0 Å². The Balaban J connectivity index is 2.13. The summed E-state index contributed by atoms with van der Waals surface area (Å²) in [6.45, 7) is 6.78. The van der Waals surface area contributed by atoms with Gasteiger partial charge in [0.15, 0.2) is 0 Å². The molecule has 1 fully saturated rings. The molecule has 0 bridgehead atoms. The van der Waals surface area contributed by atoms with Crippen molar-refractivity contribution in [3.8, 4) is 0 Å². The molecule has 3 unspecified atom stereocenters. The smallest absolute Gasteiger partial charge is 0.108 e. The molecule has 17 heavy (non-hydrogen) atoms. The van der Waals surface area contributed by atoms with Crippen molar-refractivity contribution in [1.82, 2.24) is 0 Å². The van der Waals surface area contributed by atoms with Crippen molar-refractivity contribution < 1.29 is 4.39 Å². The monoisotopic (exact) mass is 238 g/mol. The minimum absolute atomic E-state index is 0.583. The van der Waals surface area contributed by atoms with E-state index in [2.05, 4.69) is 20.8 Å². The molecule has 2 aliphatic rings. The van der Waals surface area contributed by atoms with Gasteiger partial charge in [-0.2, -0.15) is 0 Å². The highest BCUT2D eigenvalue weighted by Crippen LogP contribution is 2.46. The standard InChI is InChI=1S/C16H27F/c1-4-12-7-6-8-15(12)14(5-2)16-10-13(17)9-11(16)3/h12-15H,4-10H2,1-3H3/t12?,13?,14-,15?/m1/s1. The van der Waals surface area contributed by atoms with Crippen molar-refractivity contribution in [3.63, 3.8) is 0 Å². The van der Waals surface area contributed by atoms with Crippen LogP contribution in [-0.2, 0) is 0 Å². The van der Waals surface area contributed by atoms with Crippen molar-refractivity contribution >= 4 is 0 Å². The maximum atomic E-state index is 13.5. The number of hydrogen-bond donors (Lipinski definition) is 0. The van der Waals surface area contributed by atoms with Crippen LogP contribution in [0.4, 0.5) is 4.39 Å². The van der Waals surface area contributed by atoms with Crippen molar-refractivity contribution in [2.75, 3.05) is 0 Å². The van der Waals surface area contributed by atoms with E-state index < -0.39 is 6.17 Å². The van der Waals surface area contributed by atoms with E-state index in [-0.39, 0.29) is 0 Å². The largest absolute Gasteiger partial charge is 0.247 e. The van der Waals surface area contributed by atoms with Gasteiger partial charge in [-0.15, -0.1) is 0 Å². The lowest BCUT2D eigenvalue weighted by molar-refractivity contribution is 0.267. The lowest BCUT2D eigenvalue weighted by Gasteiger charge is -2.29. The molecule has 0 heterocycles. The van der Waals surface area contributed by atoms with Gasteiger partial charge in [-0.25, -0.2) is 4.39 Å². The van der Waals surface area contributed by atoms with E-state index in [4.69, 9.17) is 0 Å². The van der Waals surface area contributed by atoms with Gasteiger partial charge >= 0.3 is 0 Å². The summed E-state index contributed by atoms with van der Waals surface area (Å²) in [5.41, 5.74) is 2.86. The van der Waals surface area contributed by atoms with Crippen LogP contribution in [0.3, 0.4) is 0 Å². The molecule has 0 N–H and O–H groups in total. The second-order valence-corrected chi connectivity index (χ2v) is 6.09. The summed E-state index contributed by atoms with van der Waals surface area (Å²) < 4.78 is 13.5. The Morgan fingerprint density at radius 3 is 2.53 bits per heavy atom. The predicted octanol–water partition coefficient (Wildman–Crippen LogP) is 5.29. The first-order valence-corrected chi connectivity index (χ1v) is 7.49. The summed E-state index contributed by atoms with van der Waals surface area (Å²) in [5.74, 6) is 2.43. The third kappa shape index (κ3) is 2.58. The topological polar surface area (TPSA) is 0 Å². The Kier molecular flexibility index (Phi) is 4.27. The molecule has 0 aromatic carbocycles. The van der Waals surface area contributed by atoms with Crippen LogP contribution < -0.4 is 0 Å². The number of rotatable bonds is 4. The fourth-order valence-electron chi connectivity index (χ4n) is 4.33. The Labute approximate surface area is 106 Å². The second kappa shape index (κ2) is 5.54. The molecule has 4 atom stereocenters. The normalized spacial score (nSPS) is 35.6. The second-order valence-electron chi connectivity index (χ2n) is 6.09. The van der Waals surface area contributed by atoms with Gasteiger partial charge in [0, 0.05) is 6.42 Å².